The predicted octanol–water partition coefficient (Wildman–Crippen LogP) is 5.30. The van der Waals surface area contributed by atoms with Gasteiger partial charge in [0.05, 0.1) is 32.4 Å². The summed E-state index contributed by atoms with van der Waals surface area (Å²) in [6.07, 6.45) is 3.23. The molecule has 2 heterocycles. The second-order valence-corrected chi connectivity index (χ2v) is 7.36. The molecule has 0 aliphatic carbocycles. The van der Waals surface area contributed by atoms with Crippen LogP contribution in [0.4, 0.5) is 10.1 Å². The Hall–Kier alpha value is -3.22. The number of carbonyl (C=O) groups is 1. The molecule has 4 aromatic rings. The lowest BCUT2D eigenvalue weighted by molar-refractivity contribution is 0.102. The van der Waals surface area contributed by atoms with Crippen LogP contribution < -0.4 is 10.9 Å². The number of hydrogen-bond acceptors (Lipinski definition) is 3. The first-order valence-electron chi connectivity index (χ1n) is 8.86. The molecular weight excluding hydrogens is 428 g/mol. The first-order chi connectivity index (χ1) is 14.4. The Labute approximate surface area is 180 Å². The van der Waals surface area contributed by atoms with Gasteiger partial charge in [-0.25, -0.2) is 4.39 Å². The Morgan fingerprint density at radius 2 is 1.90 bits per heavy atom. The molecule has 5 nitrogen and oxygen atoms in total. The van der Waals surface area contributed by atoms with E-state index in [0.717, 1.165) is 5.39 Å². The van der Waals surface area contributed by atoms with Gasteiger partial charge in [0.1, 0.15) is 5.82 Å². The monoisotopic (exact) mass is 441 g/mol. The Kier molecular flexibility index (Phi) is 5.28. The second kappa shape index (κ2) is 7.89. The van der Waals surface area contributed by atoms with Gasteiger partial charge in [-0.1, -0.05) is 35.3 Å². The van der Waals surface area contributed by atoms with Crippen molar-refractivity contribution < 1.29 is 9.18 Å². The standard InChI is InChI=1S/C22H14Cl2FN3O2/c1-28-18-8-9-26-11-12(18)10-14(22(28)30)19-15(23)6-7-17(20(19)24)27-21(29)13-4-2-3-5-16(13)25/h2-11H,1H3,(H,27,29). The molecule has 0 unspecified atom stereocenters. The lowest BCUT2D eigenvalue weighted by Gasteiger charge is -2.15. The second-order valence-electron chi connectivity index (χ2n) is 6.57. The third-order valence-corrected chi connectivity index (χ3v) is 5.46. The van der Waals surface area contributed by atoms with E-state index in [2.05, 4.69) is 10.3 Å². The van der Waals surface area contributed by atoms with Gasteiger partial charge < -0.3 is 9.88 Å². The average Bonchev–Trinajstić information content (AvgIpc) is 2.74. The maximum absolute atomic E-state index is 13.9. The highest BCUT2D eigenvalue weighted by Crippen LogP contribution is 2.39. The molecule has 0 atom stereocenters. The zero-order chi connectivity index (χ0) is 21.4. The number of hydrogen-bond donors (Lipinski definition) is 1. The molecule has 150 valence electrons. The van der Waals surface area contributed by atoms with Gasteiger partial charge in [-0.05, 0) is 36.4 Å². The molecule has 0 fully saturated rings. The minimum atomic E-state index is -0.668. The molecule has 1 amide bonds. The van der Waals surface area contributed by atoms with Gasteiger partial charge >= 0.3 is 0 Å². The molecule has 8 heteroatoms. The number of fused-ring (bicyclic) bond motifs is 1. The molecule has 0 saturated heterocycles. The van der Waals surface area contributed by atoms with Crippen molar-refractivity contribution in [2.24, 2.45) is 7.05 Å². The minimum Gasteiger partial charge on any atom is -0.321 e. The van der Waals surface area contributed by atoms with Crippen LogP contribution in [0.1, 0.15) is 10.4 Å². The van der Waals surface area contributed by atoms with E-state index in [4.69, 9.17) is 23.2 Å². The summed E-state index contributed by atoms with van der Waals surface area (Å²) in [5, 5.41) is 3.63. The van der Waals surface area contributed by atoms with E-state index in [1.165, 1.54) is 34.9 Å². The molecule has 2 aromatic heterocycles. The fourth-order valence-electron chi connectivity index (χ4n) is 3.23. The van der Waals surface area contributed by atoms with E-state index >= 15 is 0 Å². The number of nitrogens with zero attached hydrogens (tertiary/aromatic N) is 2. The number of pyridine rings is 2. The van der Waals surface area contributed by atoms with Crippen LogP contribution in [-0.2, 0) is 7.05 Å². The molecule has 2 aromatic carbocycles. The van der Waals surface area contributed by atoms with Crippen molar-refractivity contribution in [1.82, 2.24) is 9.55 Å². The SMILES string of the molecule is Cn1c(=O)c(-c2c(Cl)ccc(NC(=O)c3ccccc3F)c2Cl)cc2cnccc21. The quantitative estimate of drug-likeness (QED) is 0.469. The highest BCUT2D eigenvalue weighted by molar-refractivity contribution is 6.41. The summed E-state index contributed by atoms with van der Waals surface area (Å²) in [5.41, 5.74) is 1.01. The number of rotatable bonds is 3. The summed E-state index contributed by atoms with van der Waals surface area (Å²) in [7, 11) is 1.64. The van der Waals surface area contributed by atoms with Crippen LogP contribution in [0.3, 0.4) is 0 Å². The fraction of sp³-hybridized carbons (Fsp3) is 0.0455. The van der Waals surface area contributed by atoms with Crippen LogP contribution in [-0.4, -0.2) is 15.5 Å². The van der Waals surface area contributed by atoms with Crippen LogP contribution in [0, 0.1) is 5.82 Å². The summed E-state index contributed by atoms with van der Waals surface area (Å²) >= 11 is 12.9. The van der Waals surface area contributed by atoms with Crippen molar-refractivity contribution in [2.75, 3.05) is 5.32 Å². The smallest absolute Gasteiger partial charge is 0.258 e. The Morgan fingerprint density at radius 3 is 2.67 bits per heavy atom. The van der Waals surface area contributed by atoms with Crippen molar-refractivity contribution in [1.29, 1.82) is 0 Å². The van der Waals surface area contributed by atoms with Gasteiger partial charge in [0.15, 0.2) is 0 Å². The van der Waals surface area contributed by atoms with E-state index < -0.39 is 11.7 Å². The summed E-state index contributed by atoms with van der Waals surface area (Å²) in [6, 6.07) is 12.0. The molecule has 0 aliphatic rings. The summed E-state index contributed by atoms with van der Waals surface area (Å²) in [4.78, 5) is 29.6. The Morgan fingerprint density at radius 1 is 1.13 bits per heavy atom. The zero-order valence-electron chi connectivity index (χ0n) is 15.6. The fourth-order valence-corrected chi connectivity index (χ4v) is 3.85. The molecule has 4 rings (SSSR count). The predicted molar refractivity (Wildman–Crippen MR) is 117 cm³/mol. The topological polar surface area (TPSA) is 64.0 Å². The molecule has 0 spiro atoms. The van der Waals surface area contributed by atoms with Gasteiger partial charge in [0, 0.05) is 30.4 Å². The third kappa shape index (κ3) is 3.44. The number of halogens is 3. The van der Waals surface area contributed by atoms with Crippen molar-refractivity contribution in [2.45, 2.75) is 0 Å². The number of nitrogens with one attached hydrogen (secondary N) is 1. The van der Waals surface area contributed by atoms with Gasteiger partial charge in [0.25, 0.3) is 11.5 Å². The van der Waals surface area contributed by atoms with Crippen LogP contribution in [0.25, 0.3) is 22.0 Å². The van der Waals surface area contributed by atoms with E-state index in [-0.39, 0.29) is 38.0 Å². The number of amides is 1. The lowest BCUT2D eigenvalue weighted by Crippen LogP contribution is -2.19. The van der Waals surface area contributed by atoms with Crippen molar-refractivity contribution in [3.8, 4) is 11.1 Å². The number of aryl methyl sites for hydroxylation is 1. The third-order valence-electron chi connectivity index (χ3n) is 4.75. The molecule has 0 saturated carbocycles. The molecular formula is C22H14Cl2FN3O2. The van der Waals surface area contributed by atoms with Crippen LogP contribution in [0.5, 0.6) is 0 Å². The summed E-state index contributed by atoms with van der Waals surface area (Å²) in [6.45, 7) is 0. The number of benzene rings is 2. The Bertz CT molecular complexity index is 1370. The summed E-state index contributed by atoms with van der Waals surface area (Å²) < 4.78 is 15.4. The van der Waals surface area contributed by atoms with Crippen molar-refractivity contribution >= 4 is 45.7 Å². The lowest BCUT2D eigenvalue weighted by atomic mass is 10.0. The molecule has 1 N–H and O–H groups in total. The van der Waals surface area contributed by atoms with E-state index in [9.17, 15) is 14.0 Å². The maximum Gasteiger partial charge on any atom is 0.258 e. The minimum absolute atomic E-state index is 0.0764. The summed E-state index contributed by atoms with van der Waals surface area (Å²) in [5.74, 6) is -1.32. The molecule has 0 aliphatic heterocycles. The first-order valence-corrected chi connectivity index (χ1v) is 9.62. The van der Waals surface area contributed by atoms with Gasteiger partial charge in [0.2, 0.25) is 0 Å². The van der Waals surface area contributed by atoms with E-state index in [1.54, 1.807) is 37.6 Å². The highest BCUT2D eigenvalue weighted by Gasteiger charge is 2.20. The molecule has 0 bridgehead atoms. The number of anilines is 1. The van der Waals surface area contributed by atoms with Gasteiger partial charge in [-0.3, -0.25) is 14.6 Å². The first kappa shape index (κ1) is 20.1. The number of aromatic nitrogens is 2. The highest BCUT2D eigenvalue weighted by atomic mass is 35.5. The van der Waals surface area contributed by atoms with Crippen LogP contribution in [0.15, 0.2) is 65.7 Å². The maximum atomic E-state index is 13.9. The van der Waals surface area contributed by atoms with Crippen LogP contribution >= 0.6 is 23.2 Å². The Balaban J connectivity index is 1.84. The van der Waals surface area contributed by atoms with Gasteiger partial charge in [-0.15, -0.1) is 0 Å². The zero-order valence-corrected chi connectivity index (χ0v) is 17.1. The normalized spacial score (nSPS) is 10.9. The molecule has 0 radical (unpaired) electrons. The van der Waals surface area contributed by atoms with E-state index in [1.807, 2.05) is 0 Å². The van der Waals surface area contributed by atoms with Crippen LogP contribution in [0.2, 0.25) is 10.0 Å². The largest absolute Gasteiger partial charge is 0.321 e. The van der Waals surface area contributed by atoms with Crippen molar-refractivity contribution in [3.63, 3.8) is 0 Å². The molecule has 30 heavy (non-hydrogen) atoms. The van der Waals surface area contributed by atoms with Crippen molar-refractivity contribution in [3.05, 3.63) is 92.7 Å². The van der Waals surface area contributed by atoms with Gasteiger partial charge in [-0.2, -0.15) is 0 Å². The van der Waals surface area contributed by atoms with E-state index in [0.29, 0.717) is 5.52 Å². The average molecular weight is 442 g/mol. The number of carbonyl (C=O) groups excluding carboxylic acids is 1.